The van der Waals surface area contributed by atoms with E-state index in [0.717, 1.165) is 11.4 Å². The molecule has 0 amide bonds. The number of hydrogen-bond acceptors (Lipinski definition) is 6. The molecule has 0 bridgehead atoms. The Morgan fingerprint density at radius 3 is 2.76 bits per heavy atom. The number of nitrogens with one attached hydrogen (secondary N) is 2. The largest absolute Gasteiger partial charge is 0.454 e. The molecule has 0 fully saturated rings. The lowest BCUT2D eigenvalue weighted by Crippen LogP contribution is -2.00. The molecular formula is C17H12Cl2N4O2. The Morgan fingerprint density at radius 2 is 1.84 bits per heavy atom. The van der Waals surface area contributed by atoms with Crippen LogP contribution in [0, 0.1) is 0 Å². The zero-order valence-electron chi connectivity index (χ0n) is 12.8. The van der Waals surface area contributed by atoms with Crippen LogP contribution in [0.2, 0.25) is 10.0 Å². The first kappa shape index (κ1) is 15.8. The van der Waals surface area contributed by atoms with Crippen molar-refractivity contribution >= 4 is 46.3 Å². The number of benzene rings is 2. The topological polar surface area (TPSA) is 68.3 Å². The number of fused-ring (bicyclic) bond motifs is 1. The van der Waals surface area contributed by atoms with E-state index in [9.17, 15) is 0 Å². The highest BCUT2D eigenvalue weighted by molar-refractivity contribution is 6.43. The van der Waals surface area contributed by atoms with E-state index in [1.807, 2.05) is 30.3 Å². The zero-order chi connectivity index (χ0) is 17.2. The molecule has 0 saturated heterocycles. The Labute approximate surface area is 153 Å². The normalized spacial score (nSPS) is 12.1. The lowest BCUT2D eigenvalue weighted by molar-refractivity contribution is 0.174. The predicted octanol–water partition coefficient (Wildman–Crippen LogP) is 5.00. The first-order valence-corrected chi connectivity index (χ1v) is 8.15. The van der Waals surface area contributed by atoms with Gasteiger partial charge in [-0.25, -0.2) is 4.98 Å². The summed E-state index contributed by atoms with van der Waals surface area (Å²) in [4.78, 5) is 8.64. The van der Waals surface area contributed by atoms with Crippen LogP contribution >= 0.6 is 23.2 Å². The molecule has 0 spiro atoms. The minimum Gasteiger partial charge on any atom is -0.454 e. The second kappa shape index (κ2) is 6.66. The SMILES string of the molecule is Clc1cccc(Nc2ccnc(Nc3ccc4c(c3)OCO4)n2)c1Cl. The summed E-state index contributed by atoms with van der Waals surface area (Å²) >= 11 is 12.2. The molecule has 1 aliphatic rings. The predicted molar refractivity (Wildman–Crippen MR) is 97.6 cm³/mol. The van der Waals surface area contributed by atoms with E-state index in [0.29, 0.717) is 33.2 Å². The molecule has 6 nitrogen and oxygen atoms in total. The molecule has 8 heteroatoms. The fourth-order valence-electron chi connectivity index (χ4n) is 2.33. The maximum Gasteiger partial charge on any atom is 0.231 e. The van der Waals surface area contributed by atoms with Crippen LogP contribution in [0.3, 0.4) is 0 Å². The quantitative estimate of drug-likeness (QED) is 0.669. The van der Waals surface area contributed by atoms with Crippen LogP contribution in [0.25, 0.3) is 0 Å². The zero-order valence-corrected chi connectivity index (χ0v) is 14.3. The third-order valence-corrected chi connectivity index (χ3v) is 4.32. The van der Waals surface area contributed by atoms with Crippen molar-refractivity contribution in [3.63, 3.8) is 0 Å². The Bertz CT molecular complexity index is 936. The molecule has 2 aromatic carbocycles. The van der Waals surface area contributed by atoms with Gasteiger partial charge in [-0.2, -0.15) is 4.98 Å². The van der Waals surface area contributed by atoms with E-state index >= 15 is 0 Å². The Balaban J connectivity index is 1.54. The molecule has 2 N–H and O–H groups in total. The number of nitrogens with zero attached hydrogens (tertiary/aromatic N) is 2. The highest BCUT2D eigenvalue weighted by Crippen LogP contribution is 2.35. The van der Waals surface area contributed by atoms with Crippen LogP contribution in [0.5, 0.6) is 11.5 Å². The molecule has 0 saturated carbocycles. The molecule has 0 radical (unpaired) electrons. The lowest BCUT2D eigenvalue weighted by Gasteiger charge is -2.10. The molecule has 0 aliphatic carbocycles. The van der Waals surface area contributed by atoms with Crippen molar-refractivity contribution in [2.24, 2.45) is 0 Å². The first-order valence-electron chi connectivity index (χ1n) is 7.40. The highest BCUT2D eigenvalue weighted by atomic mass is 35.5. The molecular weight excluding hydrogens is 363 g/mol. The van der Waals surface area contributed by atoms with Gasteiger partial charge in [0.15, 0.2) is 11.5 Å². The Morgan fingerprint density at radius 1 is 0.960 bits per heavy atom. The van der Waals surface area contributed by atoms with Crippen LogP contribution in [0.15, 0.2) is 48.7 Å². The summed E-state index contributed by atoms with van der Waals surface area (Å²) in [6, 6.07) is 12.6. The van der Waals surface area contributed by atoms with Gasteiger partial charge in [-0.3, -0.25) is 0 Å². The van der Waals surface area contributed by atoms with Crippen LogP contribution in [0.4, 0.5) is 23.1 Å². The maximum absolute atomic E-state index is 6.19. The summed E-state index contributed by atoms with van der Waals surface area (Å²) < 4.78 is 10.7. The summed E-state index contributed by atoms with van der Waals surface area (Å²) in [6.45, 7) is 0.231. The third-order valence-electron chi connectivity index (χ3n) is 3.50. The van der Waals surface area contributed by atoms with Crippen LogP contribution in [-0.2, 0) is 0 Å². The number of hydrogen-bond donors (Lipinski definition) is 2. The molecule has 2 heterocycles. The van der Waals surface area contributed by atoms with Crippen molar-refractivity contribution in [1.29, 1.82) is 0 Å². The summed E-state index contributed by atoms with van der Waals surface area (Å²) in [5.74, 6) is 2.42. The van der Waals surface area contributed by atoms with Gasteiger partial charge in [-0.15, -0.1) is 0 Å². The number of ether oxygens (including phenoxy) is 2. The van der Waals surface area contributed by atoms with Crippen molar-refractivity contribution in [3.8, 4) is 11.5 Å². The fraction of sp³-hybridized carbons (Fsp3) is 0.0588. The van der Waals surface area contributed by atoms with Crippen molar-refractivity contribution in [2.45, 2.75) is 0 Å². The summed E-state index contributed by atoms with van der Waals surface area (Å²) in [5, 5.41) is 7.17. The summed E-state index contributed by atoms with van der Waals surface area (Å²) in [6.07, 6.45) is 1.64. The average Bonchev–Trinajstić information content (AvgIpc) is 3.07. The number of rotatable bonds is 4. The van der Waals surface area contributed by atoms with Crippen molar-refractivity contribution in [2.75, 3.05) is 17.4 Å². The van der Waals surface area contributed by atoms with E-state index in [2.05, 4.69) is 20.6 Å². The third kappa shape index (κ3) is 3.40. The minimum absolute atomic E-state index is 0.231. The van der Waals surface area contributed by atoms with E-state index in [-0.39, 0.29) is 6.79 Å². The molecule has 126 valence electrons. The van der Waals surface area contributed by atoms with E-state index in [1.54, 1.807) is 18.3 Å². The van der Waals surface area contributed by atoms with Crippen LogP contribution in [-0.4, -0.2) is 16.8 Å². The molecule has 0 atom stereocenters. The smallest absolute Gasteiger partial charge is 0.231 e. The second-order valence-electron chi connectivity index (χ2n) is 5.18. The van der Waals surface area contributed by atoms with Crippen LogP contribution in [0.1, 0.15) is 0 Å². The van der Waals surface area contributed by atoms with Gasteiger partial charge >= 0.3 is 0 Å². The molecule has 3 aromatic rings. The van der Waals surface area contributed by atoms with Crippen molar-refractivity contribution in [3.05, 3.63) is 58.7 Å². The van der Waals surface area contributed by atoms with Gasteiger partial charge in [-0.1, -0.05) is 29.3 Å². The standard InChI is InChI=1S/C17H12Cl2N4O2/c18-11-2-1-3-12(16(11)19)22-15-6-7-20-17(23-15)21-10-4-5-13-14(8-10)25-9-24-13/h1-8H,9H2,(H2,20,21,22,23). The van der Waals surface area contributed by atoms with Gasteiger partial charge in [0, 0.05) is 18.0 Å². The monoisotopic (exact) mass is 374 g/mol. The number of aromatic nitrogens is 2. The van der Waals surface area contributed by atoms with E-state index in [1.165, 1.54) is 0 Å². The molecule has 4 rings (SSSR count). The Kier molecular flexibility index (Phi) is 4.21. The van der Waals surface area contributed by atoms with E-state index in [4.69, 9.17) is 32.7 Å². The van der Waals surface area contributed by atoms with E-state index < -0.39 is 0 Å². The molecule has 25 heavy (non-hydrogen) atoms. The molecule has 0 unspecified atom stereocenters. The van der Waals surface area contributed by atoms with Crippen molar-refractivity contribution in [1.82, 2.24) is 9.97 Å². The fourth-order valence-corrected chi connectivity index (χ4v) is 2.68. The summed E-state index contributed by atoms with van der Waals surface area (Å²) in [7, 11) is 0. The minimum atomic E-state index is 0.231. The summed E-state index contributed by atoms with van der Waals surface area (Å²) in [5.41, 5.74) is 1.46. The number of anilines is 4. The van der Waals surface area contributed by atoms with Crippen LogP contribution < -0.4 is 20.1 Å². The van der Waals surface area contributed by atoms with Gasteiger partial charge in [0.1, 0.15) is 5.82 Å². The first-order chi connectivity index (χ1) is 12.2. The molecule has 1 aromatic heterocycles. The highest BCUT2D eigenvalue weighted by Gasteiger charge is 2.13. The maximum atomic E-state index is 6.19. The second-order valence-corrected chi connectivity index (χ2v) is 5.97. The number of halogens is 2. The van der Waals surface area contributed by atoms with Crippen molar-refractivity contribution < 1.29 is 9.47 Å². The Hall–Kier alpha value is -2.70. The molecule has 1 aliphatic heterocycles. The van der Waals surface area contributed by atoms with Gasteiger partial charge < -0.3 is 20.1 Å². The van der Waals surface area contributed by atoms with Gasteiger partial charge in [0.2, 0.25) is 12.7 Å². The average molecular weight is 375 g/mol. The lowest BCUT2D eigenvalue weighted by atomic mass is 10.3. The van der Waals surface area contributed by atoms with Gasteiger partial charge in [-0.05, 0) is 30.3 Å². The van der Waals surface area contributed by atoms with Gasteiger partial charge in [0.25, 0.3) is 0 Å². The van der Waals surface area contributed by atoms with Gasteiger partial charge in [0.05, 0.1) is 15.7 Å².